The van der Waals surface area contributed by atoms with Crippen molar-refractivity contribution in [3.05, 3.63) is 95.2 Å². The van der Waals surface area contributed by atoms with Crippen molar-refractivity contribution < 1.29 is 24.2 Å². The normalized spacial score (nSPS) is 10.7. The van der Waals surface area contributed by atoms with Gasteiger partial charge in [-0.05, 0) is 47.5 Å². The molecule has 0 aliphatic rings. The lowest BCUT2D eigenvalue weighted by molar-refractivity contribution is 0.0686. The van der Waals surface area contributed by atoms with Crippen molar-refractivity contribution in [1.82, 2.24) is 9.88 Å². The molecule has 0 aliphatic heterocycles. The molecule has 33 heavy (non-hydrogen) atoms. The molecule has 7 heteroatoms. The largest absolute Gasteiger partial charge is 0.493 e. The predicted molar refractivity (Wildman–Crippen MR) is 125 cm³/mol. The third-order valence-corrected chi connectivity index (χ3v) is 5.47. The second-order valence-corrected chi connectivity index (χ2v) is 7.55. The summed E-state index contributed by atoms with van der Waals surface area (Å²) in [5.41, 5.74) is 3.19. The topological polar surface area (TPSA) is 89.8 Å². The van der Waals surface area contributed by atoms with Crippen LogP contribution in [0, 0.1) is 0 Å². The van der Waals surface area contributed by atoms with E-state index in [4.69, 9.17) is 9.47 Å². The number of carbonyl (C=O) groups is 2. The maximum absolute atomic E-state index is 12.6. The number of carbonyl (C=O) groups excluding carboxylic acids is 1. The summed E-state index contributed by atoms with van der Waals surface area (Å²) in [7, 11) is 3.12. The summed E-state index contributed by atoms with van der Waals surface area (Å²) < 4.78 is 12.4. The van der Waals surface area contributed by atoms with Crippen molar-refractivity contribution in [2.24, 2.45) is 0 Å². The highest BCUT2D eigenvalue weighted by Crippen LogP contribution is 2.29. The molecular weight excluding hydrogens is 420 g/mol. The number of amides is 1. The molecule has 0 saturated heterocycles. The van der Waals surface area contributed by atoms with Crippen LogP contribution in [-0.2, 0) is 13.1 Å². The van der Waals surface area contributed by atoms with Crippen LogP contribution in [0.3, 0.4) is 0 Å². The van der Waals surface area contributed by atoms with Gasteiger partial charge in [-0.3, -0.25) is 4.79 Å². The molecule has 1 heterocycles. The zero-order valence-corrected chi connectivity index (χ0v) is 18.4. The molecule has 0 radical (unpaired) electrons. The molecule has 2 N–H and O–H groups in total. The Morgan fingerprint density at radius 3 is 2.33 bits per heavy atom. The summed E-state index contributed by atoms with van der Waals surface area (Å²) in [5.74, 6) is -0.0871. The van der Waals surface area contributed by atoms with E-state index in [2.05, 4.69) is 5.32 Å². The van der Waals surface area contributed by atoms with Crippen molar-refractivity contribution >= 4 is 22.8 Å². The predicted octanol–water partition coefficient (Wildman–Crippen LogP) is 4.34. The molecule has 7 nitrogen and oxygen atoms in total. The fraction of sp³-hybridized carbons (Fsp3) is 0.154. The number of ether oxygens (including phenoxy) is 2. The Morgan fingerprint density at radius 2 is 1.64 bits per heavy atom. The number of carboxylic acid groups (broad SMARTS) is 1. The van der Waals surface area contributed by atoms with E-state index in [0.717, 1.165) is 16.6 Å². The van der Waals surface area contributed by atoms with E-state index in [9.17, 15) is 14.7 Å². The van der Waals surface area contributed by atoms with Crippen molar-refractivity contribution in [3.63, 3.8) is 0 Å². The SMILES string of the molecule is COc1ccc(Cn2c(C(=O)O)cc3cc(C(=O)NCc4ccccc4)ccc32)cc1OC. The zero-order valence-electron chi connectivity index (χ0n) is 18.4. The highest BCUT2D eigenvalue weighted by Gasteiger charge is 2.17. The number of hydrogen-bond acceptors (Lipinski definition) is 4. The Morgan fingerprint density at radius 1 is 0.879 bits per heavy atom. The molecule has 0 unspecified atom stereocenters. The number of hydrogen-bond donors (Lipinski definition) is 2. The first kappa shape index (κ1) is 22.0. The minimum absolute atomic E-state index is 0.140. The minimum Gasteiger partial charge on any atom is -0.493 e. The van der Waals surface area contributed by atoms with Gasteiger partial charge in [-0.2, -0.15) is 0 Å². The first-order chi connectivity index (χ1) is 16.0. The molecule has 1 amide bonds. The number of methoxy groups -OCH3 is 2. The number of fused-ring (bicyclic) bond motifs is 1. The number of aromatic nitrogens is 1. The van der Waals surface area contributed by atoms with Gasteiger partial charge in [-0.15, -0.1) is 0 Å². The third kappa shape index (κ3) is 4.67. The summed E-state index contributed by atoms with van der Waals surface area (Å²) in [4.78, 5) is 24.6. The molecule has 4 rings (SSSR count). The van der Waals surface area contributed by atoms with E-state index in [1.165, 1.54) is 0 Å². The van der Waals surface area contributed by atoms with Gasteiger partial charge in [-0.1, -0.05) is 36.4 Å². The Bertz CT molecular complexity index is 1310. The second kappa shape index (κ2) is 9.48. The van der Waals surface area contributed by atoms with Gasteiger partial charge < -0.3 is 24.5 Å². The highest BCUT2D eigenvalue weighted by molar-refractivity contribution is 6.00. The van der Waals surface area contributed by atoms with E-state index in [0.29, 0.717) is 35.5 Å². The summed E-state index contributed by atoms with van der Waals surface area (Å²) in [6.45, 7) is 0.740. The number of carboxylic acids is 1. The summed E-state index contributed by atoms with van der Waals surface area (Å²) in [6, 6.07) is 21.9. The van der Waals surface area contributed by atoms with Crippen LogP contribution in [0.25, 0.3) is 10.9 Å². The quantitative estimate of drug-likeness (QED) is 0.422. The van der Waals surface area contributed by atoms with Crippen LogP contribution in [0.15, 0.2) is 72.8 Å². The number of aromatic carboxylic acids is 1. The Labute approximate surface area is 191 Å². The Balaban J connectivity index is 1.63. The third-order valence-electron chi connectivity index (χ3n) is 5.47. The van der Waals surface area contributed by atoms with Gasteiger partial charge >= 0.3 is 5.97 Å². The van der Waals surface area contributed by atoms with E-state index in [1.807, 2.05) is 42.5 Å². The molecule has 0 spiro atoms. The lowest BCUT2D eigenvalue weighted by Gasteiger charge is -2.12. The maximum atomic E-state index is 12.6. The average Bonchev–Trinajstić information content (AvgIpc) is 3.21. The van der Waals surface area contributed by atoms with Gasteiger partial charge in [0.2, 0.25) is 0 Å². The van der Waals surface area contributed by atoms with Gasteiger partial charge in [0.05, 0.1) is 14.2 Å². The fourth-order valence-electron chi connectivity index (χ4n) is 3.80. The van der Waals surface area contributed by atoms with Crippen LogP contribution in [0.1, 0.15) is 32.0 Å². The van der Waals surface area contributed by atoms with Crippen LogP contribution in [0.2, 0.25) is 0 Å². The molecule has 4 aromatic rings. The maximum Gasteiger partial charge on any atom is 0.352 e. The Kier molecular flexibility index (Phi) is 6.31. The van der Waals surface area contributed by atoms with Crippen molar-refractivity contribution in [2.45, 2.75) is 13.1 Å². The van der Waals surface area contributed by atoms with E-state index < -0.39 is 5.97 Å². The van der Waals surface area contributed by atoms with Gasteiger partial charge in [0.15, 0.2) is 11.5 Å². The first-order valence-corrected chi connectivity index (χ1v) is 10.4. The van der Waals surface area contributed by atoms with Crippen molar-refractivity contribution in [1.29, 1.82) is 0 Å². The molecule has 0 bridgehead atoms. The van der Waals surface area contributed by atoms with E-state index in [1.54, 1.807) is 49.1 Å². The van der Waals surface area contributed by atoms with Crippen molar-refractivity contribution in [3.8, 4) is 11.5 Å². The molecular formula is C26H24N2O5. The van der Waals surface area contributed by atoms with Crippen LogP contribution >= 0.6 is 0 Å². The molecule has 0 saturated carbocycles. The lowest BCUT2D eigenvalue weighted by Crippen LogP contribution is -2.22. The van der Waals surface area contributed by atoms with E-state index >= 15 is 0 Å². The molecule has 0 atom stereocenters. The summed E-state index contributed by atoms with van der Waals surface area (Å²) in [5, 5.41) is 13.4. The molecule has 0 aliphatic carbocycles. The molecule has 1 aromatic heterocycles. The number of nitrogens with zero attached hydrogens (tertiary/aromatic N) is 1. The minimum atomic E-state index is -1.04. The smallest absolute Gasteiger partial charge is 0.352 e. The summed E-state index contributed by atoms with van der Waals surface area (Å²) >= 11 is 0. The molecule has 168 valence electrons. The highest BCUT2D eigenvalue weighted by atomic mass is 16.5. The van der Waals surface area contributed by atoms with Crippen LogP contribution < -0.4 is 14.8 Å². The van der Waals surface area contributed by atoms with Crippen LogP contribution in [-0.4, -0.2) is 35.8 Å². The van der Waals surface area contributed by atoms with Gasteiger partial charge in [0.25, 0.3) is 5.91 Å². The molecule has 0 fully saturated rings. The monoisotopic (exact) mass is 444 g/mol. The fourth-order valence-corrected chi connectivity index (χ4v) is 3.80. The van der Waals surface area contributed by atoms with Crippen molar-refractivity contribution in [2.75, 3.05) is 14.2 Å². The lowest BCUT2D eigenvalue weighted by atomic mass is 10.1. The average molecular weight is 444 g/mol. The zero-order chi connectivity index (χ0) is 23.4. The van der Waals surface area contributed by atoms with Crippen LogP contribution in [0.5, 0.6) is 11.5 Å². The first-order valence-electron chi connectivity index (χ1n) is 10.4. The van der Waals surface area contributed by atoms with E-state index in [-0.39, 0.29) is 11.6 Å². The van der Waals surface area contributed by atoms with Gasteiger partial charge in [0, 0.05) is 29.6 Å². The summed E-state index contributed by atoms with van der Waals surface area (Å²) in [6.07, 6.45) is 0. The number of rotatable bonds is 8. The number of benzene rings is 3. The van der Waals surface area contributed by atoms with Gasteiger partial charge in [-0.25, -0.2) is 4.79 Å². The van der Waals surface area contributed by atoms with Gasteiger partial charge in [0.1, 0.15) is 5.69 Å². The second-order valence-electron chi connectivity index (χ2n) is 7.55. The molecule has 3 aromatic carbocycles. The standard InChI is InChI=1S/C26H24N2O5/c1-32-23-11-8-18(12-24(23)33-2)16-28-21-10-9-19(13-20(21)14-22(28)26(30)31)25(29)27-15-17-6-4-3-5-7-17/h3-14H,15-16H2,1-2H3,(H,27,29)(H,30,31). The van der Waals surface area contributed by atoms with Crippen LogP contribution in [0.4, 0.5) is 0 Å². The Hall–Kier alpha value is -4.26. The number of nitrogens with one attached hydrogen (secondary N) is 1.